The summed E-state index contributed by atoms with van der Waals surface area (Å²) in [7, 11) is -3.22. The second-order valence-electron chi connectivity index (χ2n) is 5.69. The number of sulfone groups is 1. The van der Waals surface area contributed by atoms with Gasteiger partial charge in [-0.3, -0.25) is 0 Å². The van der Waals surface area contributed by atoms with Crippen molar-refractivity contribution >= 4 is 20.7 Å². The molecule has 0 unspecified atom stereocenters. The molecule has 3 aromatic rings. The highest BCUT2D eigenvalue weighted by molar-refractivity contribution is 7.90. The maximum atomic E-state index is 13.1. The van der Waals surface area contributed by atoms with Crippen molar-refractivity contribution in [3.05, 3.63) is 65.6 Å². The summed E-state index contributed by atoms with van der Waals surface area (Å²) in [5.41, 5.74) is 3.11. The van der Waals surface area contributed by atoms with Crippen LogP contribution in [0, 0.1) is 5.82 Å². The predicted molar refractivity (Wildman–Crippen MR) is 89.9 cm³/mol. The van der Waals surface area contributed by atoms with Gasteiger partial charge in [-0.05, 0) is 48.4 Å². The molecule has 0 bridgehead atoms. The van der Waals surface area contributed by atoms with Gasteiger partial charge in [-0.25, -0.2) is 12.8 Å². The van der Waals surface area contributed by atoms with Crippen molar-refractivity contribution < 1.29 is 12.8 Å². The van der Waals surface area contributed by atoms with Crippen LogP contribution in [0.25, 0.3) is 10.9 Å². The molecule has 0 amide bonds. The van der Waals surface area contributed by atoms with E-state index in [0.717, 1.165) is 28.6 Å². The van der Waals surface area contributed by atoms with Crippen LogP contribution in [0.4, 0.5) is 4.39 Å². The van der Waals surface area contributed by atoms with Crippen molar-refractivity contribution in [1.29, 1.82) is 0 Å². The Balaban J connectivity index is 2.10. The zero-order valence-corrected chi connectivity index (χ0v) is 13.9. The van der Waals surface area contributed by atoms with Gasteiger partial charge >= 0.3 is 0 Å². The summed E-state index contributed by atoms with van der Waals surface area (Å²) in [5, 5.41) is 0.909. The van der Waals surface area contributed by atoms with E-state index in [4.69, 9.17) is 0 Å². The first-order chi connectivity index (χ1) is 10.9. The molecule has 5 heteroatoms. The average Bonchev–Trinajstić information content (AvgIpc) is 2.86. The Hall–Kier alpha value is -2.14. The number of aryl methyl sites for hydroxylation is 1. The summed E-state index contributed by atoms with van der Waals surface area (Å²) in [6, 6.07) is 13.7. The van der Waals surface area contributed by atoms with Crippen LogP contribution in [-0.2, 0) is 22.8 Å². The molecule has 0 N–H and O–H groups in total. The molecule has 0 saturated heterocycles. The highest BCUT2D eigenvalue weighted by Gasteiger charge is 2.12. The smallest absolute Gasteiger partial charge is 0.175 e. The Labute approximate surface area is 135 Å². The van der Waals surface area contributed by atoms with Crippen molar-refractivity contribution in [3.8, 4) is 0 Å². The van der Waals surface area contributed by atoms with Crippen LogP contribution in [0.1, 0.15) is 18.2 Å². The van der Waals surface area contributed by atoms with Crippen LogP contribution in [0.5, 0.6) is 0 Å². The number of benzene rings is 2. The van der Waals surface area contributed by atoms with Crippen LogP contribution >= 0.6 is 0 Å². The second-order valence-corrected chi connectivity index (χ2v) is 7.71. The van der Waals surface area contributed by atoms with Gasteiger partial charge in [0.25, 0.3) is 0 Å². The molecule has 0 radical (unpaired) electrons. The lowest BCUT2D eigenvalue weighted by Gasteiger charge is -2.10. The van der Waals surface area contributed by atoms with E-state index in [1.165, 1.54) is 18.4 Å². The van der Waals surface area contributed by atoms with Gasteiger partial charge in [0.15, 0.2) is 9.84 Å². The molecule has 3 nitrogen and oxygen atoms in total. The van der Waals surface area contributed by atoms with E-state index in [1.807, 2.05) is 12.1 Å². The number of nitrogens with zero attached hydrogens (tertiary/aromatic N) is 1. The van der Waals surface area contributed by atoms with E-state index in [2.05, 4.69) is 11.5 Å². The molecule has 2 aromatic carbocycles. The summed E-state index contributed by atoms with van der Waals surface area (Å²) >= 11 is 0. The van der Waals surface area contributed by atoms with Crippen molar-refractivity contribution in [2.75, 3.05) is 6.26 Å². The fraction of sp³-hybridized carbons (Fsp3) is 0.222. The Kier molecular flexibility index (Phi) is 3.98. The van der Waals surface area contributed by atoms with Crippen LogP contribution in [-0.4, -0.2) is 19.2 Å². The molecule has 0 aliphatic heterocycles. The SMILES string of the molecule is CCc1cc2cc(S(C)(=O)=O)ccc2n1Cc1ccc(F)cc1. The zero-order valence-electron chi connectivity index (χ0n) is 13.1. The topological polar surface area (TPSA) is 39.1 Å². The third kappa shape index (κ3) is 3.15. The molecule has 0 aliphatic carbocycles. The predicted octanol–water partition coefficient (Wildman–Crippen LogP) is 3.79. The van der Waals surface area contributed by atoms with Gasteiger partial charge < -0.3 is 4.57 Å². The van der Waals surface area contributed by atoms with Crippen LogP contribution < -0.4 is 0 Å². The van der Waals surface area contributed by atoms with Crippen LogP contribution in [0.2, 0.25) is 0 Å². The summed E-state index contributed by atoms with van der Waals surface area (Å²) in [6.45, 7) is 2.69. The minimum atomic E-state index is -3.22. The number of rotatable bonds is 4. The van der Waals surface area contributed by atoms with Gasteiger partial charge in [-0.1, -0.05) is 19.1 Å². The number of hydrogen-bond acceptors (Lipinski definition) is 2. The molecule has 0 fully saturated rings. The molecule has 1 heterocycles. The van der Waals surface area contributed by atoms with Gasteiger partial charge in [0.05, 0.1) is 4.90 Å². The van der Waals surface area contributed by atoms with Crippen molar-refractivity contribution in [2.24, 2.45) is 0 Å². The third-order valence-corrected chi connectivity index (χ3v) is 5.11. The lowest BCUT2D eigenvalue weighted by atomic mass is 10.2. The Morgan fingerprint density at radius 2 is 1.74 bits per heavy atom. The van der Waals surface area contributed by atoms with E-state index in [1.54, 1.807) is 24.3 Å². The standard InChI is InChI=1S/C18H18FNO2S/c1-3-16-10-14-11-17(23(2,21)22)8-9-18(14)20(16)12-13-4-6-15(19)7-5-13/h4-11H,3,12H2,1-2H3. The molecule has 0 aliphatic rings. The first-order valence-electron chi connectivity index (χ1n) is 7.45. The monoisotopic (exact) mass is 331 g/mol. The molecule has 1 aromatic heterocycles. The Morgan fingerprint density at radius 1 is 1.04 bits per heavy atom. The van der Waals surface area contributed by atoms with Crippen molar-refractivity contribution in [3.63, 3.8) is 0 Å². The summed E-state index contributed by atoms with van der Waals surface area (Å²) in [5.74, 6) is -0.250. The van der Waals surface area contributed by atoms with E-state index in [9.17, 15) is 12.8 Å². The lowest BCUT2D eigenvalue weighted by molar-refractivity contribution is 0.602. The van der Waals surface area contributed by atoms with Gasteiger partial charge in [-0.2, -0.15) is 0 Å². The van der Waals surface area contributed by atoms with E-state index in [0.29, 0.717) is 11.4 Å². The molecule has 0 atom stereocenters. The van der Waals surface area contributed by atoms with Gasteiger partial charge in [0.1, 0.15) is 5.82 Å². The molecule has 23 heavy (non-hydrogen) atoms. The Bertz CT molecular complexity index is 957. The minimum absolute atomic E-state index is 0.250. The quantitative estimate of drug-likeness (QED) is 0.729. The normalized spacial score (nSPS) is 12.0. The molecular weight excluding hydrogens is 313 g/mol. The van der Waals surface area contributed by atoms with E-state index >= 15 is 0 Å². The van der Waals surface area contributed by atoms with Gasteiger partial charge in [0, 0.05) is 29.4 Å². The van der Waals surface area contributed by atoms with Crippen LogP contribution in [0.15, 0.2) is 53.4 Å². The third-order valence-electron chi connectivity index (χ3n) is 4.00. The number of halogens is 1. The van der Waals surface area contributed by atoms with Crippen LogP contribution in [0.3, 0.4) is 0 Å². The maximum Gasteiger partial charge on any atom is 0.175 e. The summed E-state index contributed by atoms with van der Waals surface area (Å²) in [6.07, 6.45) is 2.05. The van der Waals surface area contributed by atoms with Crippen molar-refractivity contribution in [2.45, 2.75) is 24.8 Å². The first kappa shape index (κ1) is 15.7. The van der Waals surface area contributed by atoms with Gasteiger partial charge in [-0.15, -0.1) is 0 Å². The average molecular weight is 331 g/mol. The Morgan fingerprint density at radius 3 is 2.35 bits per heavy atom. The van der Waals surface area contributed by atoms with E-state index in [-0.39, 0.29) is 5.82 Å². The minimum Gasteiger partial charge on any atom is -0.340 e. The fourth-order valence-electron chi connectivity index (χ4n) is 2.79. The van der Waals surface area contributed by atoms with Crippen molar-refractivity contribution in [1.82, 2.24) is 4.57 Å². The fourth-order valence-corrected chi connectivity index (χ4v) is 3.45. The highest BCUT2D eigenvalue weighted by Crippen LogP contribution is 2.25. The van der Waals surface area contributed by atoms with Gasteiger partial charge in [0.2, 0.25) is 0 Å². The zero-order chi connectivity index (χ0) is 16.6. The summed E-state index contributed by atoms with van der Waals surface area (Å²) < 4.78 is 38.6. The number of fused-ring (bicyclic) bond motifs is 1. The largest absolute Gasteiger partial charge is 0.340 e. The number of aromatic nitrogens is 1. The number of hydrogen-bond donors (Lipinski definition) is 0. The highest BCUT2D eigenvalue weighted by atomic mass is 32.2. The maximum absolute atomic E-state index is 13.1. The molecule has 0 saturated carbocycles. The molecule has 0 spiro atoms. The first-order valence-corrected chi connectivity index (χ1v) is 9.34. The van der Waals surface area contributed by atoms with E-state index < -0.39 is 9.84 Å². The molecule has 3 rings (SSSR count). The second kappa shape index (κ2) is 5.81. The molecular formula is C18H18FNO2S. The lowest BCUT2D eigenvalue weighted by Crippen LogP contribution is -2.04. The summed E-state index contributed by atoms with van der Waals surface area (Å²) in [4.78, 5) is 0.326. The molecule has 120 valence electrons.